The molecular weight excluding hydrogens is 503 g/mol. The first-order valence-corrected chi connectivity index (χ1v) is 13.2. The van der Waals surface area contributed by atoms with Crippen LogP contribution in [0.25, 0.3) is 11.0 Å². The summed E-state index contributed by atoms with van der Waals surface area (Å²) in [5.74, 6) is 0. The molecule has 1 aromatic heterocycles. The average Bonchev–Trinajstić information content (AvgIpc) is 3.30. The van der Waals surface area contributed by atoms with E-state index >= 15 is 0 Å². The summed E-state index contributed by atoms with van der Waals surface area (Å²) in [6, 6.07) is 9.08. The standard InChI is InChI=1S/C24H27ClF3N3O3S/c1-17-7-4-5-12-30(17)13-6-11-29-21-16-19(15-18-10-14-34-23(18)21)31(25)35(32,33)22-9-3-2-8-20(22)24(26,27)28/h2-3,8-10,14-17,29H,4-7,11-13H2,1H3. The van der Waals surface area contributed by atoms with Gasteiger partial charge in [0.1, 0.15) is 4.90 Å². The molecule has 4 rings (SSSR count). The van der Waals surface area contributed by atoms with Gasteiger partial charge in [-0.05, 0) is 63.1 Å². The van der Waals surface area contributed by atoms with Gasteiger partial charge in [0, 0.05) is 36.3 Å². The minimum absolute atomic E-state index is 0.00435. The van der Waals surface area contributed by atoms with Crippen molar-refractivity contribution in [1.29, 1.82) is 0 Å². The van der Waals surface area contributed by atoms with Crippen LogP contribution in [0.5, 0.6) is 0 Å². The van der Waals surface area contributed by atoms with Crippen molar-refractivity contribution in [2.75, 3.05) is 28.8 Å². The molecule has 35 heavy (non-hydrogen) atoms. The van der Waals surface area contributed by atoms with Gasteiger partial charge in [-0.15, -0.1) is 0 Å². The molecule has 0 bridgehead atoms. The number of anilines is 2. The molecule has 190 valence electrons. The molecule has 0 spiro atoms. The molecule has 3 aromatic rings. The van der Waals surface area contributed by atoms with Gasteiger partial charge in [-0.25, -0.2) is 0 Å². The molecule has 0 radical (unpaired) electrons. The quantitative estimate of drug-likeness (QED) is 0.267. The Morgan fingerprint density at radius 2 is 1.97 bits per heavy atom. The zero-order valence-corrected chi connectivity index (χ0v) is 20.8. The summed E-state index contributed by atoms with van der Waals surface area (Å²) in [6.07, 6.45) is 1.11. The number of piperidine rings is 1. The Morgan fingerprint density at radius 1 is 1.20 bits per heavy atom. The Hall–Kier alpha value is -2.43. The van der Waals surface area contributed by atoms with Gasteiger partial charge < -0.3 is 14.6 Å². The Morgan fingerprint density at radius 3 is 2.71 bits per heavy atom. The van der Waals surface area contributed by atoms with Crippen LogP contribution in [0.3, 0.4) is 0 Å². The van der Waals surface area contributed by atoms with Gasteiger partial charge in [-0.3, -0.25) is 0 Å². The molecule has 6 nitrogen and oxygen atoms in total. The van der Waals surface area contributed by atoms with Gasteiger partial charge in [0.05, 0.1) is 23.2 Å². The Balaban J connectivity index is 1.56. The van der Waals surface area contributed by atoms with E-state index < -0.39 is 26.7 Å². The van der Waals surface area contributed by atoms with Gasteiger partial charge in [0.25, 0.3) is 10.0 Å². The van der Waals surface area contributed by atoms with Crippen LogP contribution < -0.4 is 9.14 Å². The largest absolute Gasteiger partial charge is 0.462 e. The van der Waals surface area contributed by atoms with Gasteiger partial charge in [-0.1, -0.05) is 18.6 Å². The number of likely N-dealkylation sites (tertiary alicyclic amines) is 1. The van der Waals surface area contributed by atoms with E-state index in [2.05, 4.69) is 17.1 Å². The summed E-state index contributed by atoms with van der Waals surface area (Å²) in [6.45, 7) is 4.85. The van der Waals surface area contributed by atoms with Crippen LogP contribution in [-0.2, 0) is 16.2 Å². The molecule has 1 atom stereocenters. The highest BCUT2D eigenvalue weighted by atomic mass is 35.5. The van der Waals surface area contributed by atoms with Crippen molar-refractivity contribution in [2.24, 2.45) is 0 Å². The lowest BCUT2D eigenvalue weighted by Crippen LogP contribution is -2.38. The van der Waals surface area contributed by atoms with Crippen LogP contribution in [0.1, 0.15) is 38.2 Å². The number of fused-ring (bicyclic) bond motifs is 1. The average molecular weight is 530 g/mol. The second kappa shape index (κ2) is 10.3. The summed E-state index contributed by atoms with van der Waals surface area (Å²) in [5, 5.41) is 3.84. The summed E-state index contributed by atoms with van der Waals surface area (Å²) in [7, 11) is -4.71. The summed E-state index contributed by atoms with van der Waals surface area (Å²) >= 11 is 6.19. The summed E-state index contributed by atoms with van der Waals surface area (Å²) in [5.41, 5.74) is -0.248. The maximum atomic E-state index is 13.5. The van der Waals surface area contributed by atoms with E-state index in [1.54, 1.807) is 6.07 Å². The zero-order chi connectivity index (χ0) is 25.2. The molecule has 0 saturated carbocycles. The van der Waals surface area contributed by atoms with E-state index in [1.165, 1.54) is 43.7 Å². The SMILES string of the molecule is CC1CCCCN1CCCNc1cc(N(Cl)S(=O)(=O)c2ccccc2C(F)(F)F)cc2ccoc12. The number of nitrogens with one attached hydrogen (secondary N) is 1. The van der Waals surface area contributed by atoms with E-state index in [9.17, 15) is 21.6 Å². The lowest BCUT2D eigenvalue weighted by atomic mass is 10.0. The van der Waals surface area contributed by atoms with Crippen LogP contribution in [0.4, 0.5) is 24.5 Å². The highest BCUT2D eigenvalue weighted by Crippen LogP contribution is 2.39. The van der Waals surface area contributed by atoms with Crippen LogP contribution in [0, 0.1) is 0 Å². The third kappa shape index (κ3) is 5.54. The second-order valence-electron chi connectivity index (χ2n) is 8.71. The van der Waals surface area contributed by atoms with Crippen molar-refractivity contribution in [3.05, 3.63) is 54.3 Å². The van der Waals surface area contributed by atoms with Crippen molar-refractivity contribution < 1.29 is 26.0 Å². The monoisotopic (exact) mass is 529 g/mol. The van der Waals surface area contributed by atoms with Crippen LogP contribution in [0.15, 0.2) is 58.0 Å². The molecule has 1 N–H and O–H groups in total. The topological polar surface area (TPSA) is 65.8 Å². The smallest absolute Gasteiger partial charge is 0.417 e. The van der Waals surface area contributed by atoms with E-state index in [4.69, 9.17) is 16.2 Å². The van der Waals surface area contributed by atoms with Crippen molar-refractivity contribution >= 4 is 44.1 Å². The summed E-state index contributed by atoms with van der Waals surface area (Å²) in [4.78, 5) is 1.54. The van der Waals surface area contributed by atoms with Gasteiger partial charge >= 0.3 is 6.18 Å². The number of benzene rings is 2. The van der Waals surface area contributed by atoms with Crippen LogP contribution in [0.2, 0.25) is 0 Å². The van der Waals surface area contributed by atoms with Crippen molar-refractivity contribution in [2.45, 2.75) is 49.7 Å². The molecule has 1 saturated heterocycles. The molecule has 0 amide bonds. The van der Waals surface area contributed by atoms with Crippen molar-refractivity contribution in [3.8, 4) is 0 Å². The molecule has 2 heterocycles. The second-order valence-corrected chi connectivity index (χ2v) is 11.0. The lowest BCUT2D eigenvalue weighted by molar-refractivity contribution is -0.139. The van der Waals surface area contributed by atoms with Gasteiger partial charge in [0.15, 0.2) is 5.58 Å². The molecule has 1 fully saturated rings. The lowest BCUT2D eigenvalue weighted by Gasteiger charge is -2.33. The molecule has 1 unspecified atom stereocenters. The molecule has 1 aliphatic rings. The third-order valence-corrected chi connectivity index (χ3v) is 8.58. The highest BCUT2D eigenvalue weighted by Gasteiger charge is 2.39. The fourth-order valence-corrected chi connectivity index (χ4v) is 6.03. The summed E-state index contributed by atoms with van der Waals surface area (Å²) < 4.78 is 72.5. The number of halogens is 4. The minimum atomic E-state index is -4.85. The van der Waals surface area contributed by atoms with E-state index in [0.717, 1.165) is 31.6 Å². The Bertz CT molecular complexity index is 1280. The first-order valence-electron chi connectivity index (χ1n) is 11.5. The molecular formula is C24H27ClF3N3O3S. The Labute approximate surface area is 207 Å². The molecule has 2 aromatic carbocycles. The number of hydrogen-bond acceptors (Lipinski definition) is 5. The molecule has 1 aliphatic heterocycles. The number of sulfonamides is 1. The van der Waals surface area contributed by atoms with Crippen LogP contribution >= 0.6 is 11.8 Å². The maximum absolute atomic E-state index is 13.5. The normalized spacial score (nSPS) is 17.6. The molecule has 0 aliphatic carbocycles. The van der Waals surface area contributed by atoms with Crippen molar-refractivity contribution in [1.82, 2.24) is 4.90 Å². The van der Waals surface area contributed by atoms with E-state index in [1.807, 2.05) is 0 Å². The predicted octanol–water partition coefficient (Wildman–Crippen LogP) is 6.48. The zero-order valence-electron chi connectivity index (χ0n) is 19.2. The van der Waals surface area contributed by atoms with E-state index in [-0.39, 0.29) is 5.69 Å². The number of furan rings is 1. The minimum Gasteiger partial charge on any atom is -0.462 e. The first-order chi connectivity index (χ1) is 16.6. The van der Waals surface area contributed by atoms with E-state index in [0.29, 0.717) is 39.1 Å². The number of rotatable bonds is 8. The highest BCUT2D eigenvalue weighted by molar-refractivity contribution is 7.94. The van der Waals surface area contributed by atoms with Crippen molar-refractivity contribution in [3.63, 3.8) is 0 Å². The third-order valence-electron chi connectivity index (χ3n) is 6.30. The van der Waals surface area contributed by atoms with Gasteiger partial charge in [0.2, 0.25) is 0 Å². The maximum Gasteiger partial charge on any atom is 0.417 e. The Kier molecular flexibility index (Phi) is 7.54. The number of alkyl halides is 3. The fourth-order valence-electron chi connectivity index (χ4n) is 4.44. The molecule has 11 heteroatoms. The fraction of sp³-hybridized carbons (Fsp3) is 0.417. The number of hydrogen-bond donors (Lipinski definition) is 1. The van der Waals surface area contributed by atoms with Gasteiger partial charge in [-0.2, -0.15) is 25.4 Å². The van der Waals surface area contributed by atoms with Crippen LogP contribution in [-0.4, -0.2) is 39.0 Å². The predicted molar refractivity (Wildman–Crippen MR) is 131 cm³/mol. The number of nitrogens with zero attached hydrogens (tertiary/aromatic N) is 2. The first kappa shape index (κ1) is 25.7.